The van der Waals surface area contributed by atoms with Crippen LogP contribution in [0.2, 0.25) is 0 Å². The molecule has 1 heterocycles. The maximum atomic E-state index is 10.7. The van der Waals surface area contributed by atoms with E-state index in [2.05, 4.69) is 4.90 Å². The number of hydrogen-bond donors (Lipinski definition) is 1. The molecule has 0 aromatic carbocycles. The Labute approximate surface area is 83.1 Å². The molecule has 14 heavy (non-hydrogen) atoms. The summed E-state index contributed by atoms with van der Waals surface area (Å²) in [6, 6.07) is 1.71. The minimum Gasteiger partial charge on any atom is -0.475 e. The maximum Gasteiger partial charge on any atom is 0.372 e. The van der Waals surface area contributed by atoms with Crippen LogP contribution >= 0.6 is 0 Å². The largest absolute Gasteiger partial charge is 0.475 e. The van der Waals surface area contributed by atoms with E-state index in [1.54, 1.807) is 6.07 Å². The molecule has 1 rings (SSSR count). The lowest BCUT2D eigenvalue weighted by molar-refractivity contribution is 0.0659. The highest BCUT2D eigenvalue weighted by Gasteiger charge is 2.15. The van der Waals surface area contributed by atoms with E-state index in [4.69, 9.17) is 9.52 Å². The average molecular weight is 197 g/mol. The van der Waals surface area contributed by atoms with E-state index in [1.165, 1.54) is 6.26 Å². The Hall–Kier alpha value is -1.29. The number of aromatic carboxylic acids is 1. The number of carboxylic acid groups (broad SMARTS) is 1. The van der Waals surface area contributed by atoms with Crippen molar-refractivity contribution >= 4 is 5.97 Å². The van der Waals surface area contributed by atoms with Gasteiger partial charge in [-0.15, -0.1) is 0 Å². The lowest BCUT2D eigenvalue weighted by Gasteiger charge is -2.16. The summed E-state index contributed by atoms with van der Waals surface area (Å²) in [6.07, 6.45) is 1.42. The van der Waals surface area contributed by atoms with Crippen LogP contribution < -0.4 is 0 Å². The molecule has 4 heteroatoms. The molecule has 0 saturated heterocycles. The Morgan fingerprint density at radius 1 is 1.50 bits per heavy atom. The minimum absolute atomic E-state index is 0.0527. The topological polar surface area (TPSA) is 53.7 Å². The highest BCUT2D eigenvalue weighted by atomic mass is 16.4. The van der Waals surface area contributed by atoms with Crippen LogP contribution in [0.15, 0.2) is 16.7 Å². The van der Waals surface area contributed by atoms with Crippen LogP contribution in [0.1, 0.15) is 30.0 Å². The van der Waals surface area contributed by atoms with Gasteiger partial charge in [0.1, 0.15) is 0 Å². The molecule has 4 nitrogen and oxygen atoms in total. The quantitative estimate of drug-likeness (QED) is 0.782. The summed E-state index contributed by atoms with van der Waals surface area (Å²) in [7, 11) is 0. The number of hydrogen-bond acceptors (Lipinski definition) is 3. The smallest absolute Gasteiger partial charge is 0.372 e. The third kappa shape index (κ3) is 2.35. The highest BCUT2D eigenvalue weighted by molar-refractivity contribution is 5.86. The van der Waals surface area contributed by atoms with Gasteiger partial charge >= 0.3 is 5.97 Å². The minimum atomic E-state index is -1.00. The van der Waals surface area contributed by atoms with Crippen LogP contribution in [0.5, 0.6) is 0 Å². The fourth-order valence-corrected chi connectivity index (χ4v) is 1.34. The van der Waals surface area contributed by atoms with E-state index >= 15 is 0 Å². The van der Waals surface area contributed by atoms with E-state index in [0.29, 0.717) is 6.54 Å². The third-order valence-electron chi connectivity index (χ3n) is 2.23. The molecule has 0 saturated carbocycles. The summed E-state index contributed by atoms with van der Waals surface area (Å²) in [6.45, 7) is 6.53. The Morgan fingerprint density at radius 3 is 2.64 bits per heavy atom. The van der Waals surface area contributed by atoms with Gasteiger partial charge in [0.15, 0.2) is 0 Å². The zero-order valence-electron chi connectivity index (χ0n) is 8.49. The Bertz CT molecular complexity index is 302. The van der Waals surface area contributed by atoms with E-state index in [9.17, 15) is 4.79 Å². The van der Waals surface area contributed by atoms with Crippen LogP contribution in [0.25, 0.3) is 0 Å². The zero-order valence-corrected chi connectivity index (χ0v) is 8.49. The molecule has 0 aliphatic carbocycles. The van der Waals surface area contributed by atoms with Gasteiger partial charge in [0.25, 0.3) is 0 Å². The number of carboxylic acids is 1. The van der Waals surface area contributed by atoms with Crippen molar-refractivity contribution in [3.8, 4) is 0 Å². The van der Waals surface area contributed by atoms with Crippen molar-refractivity contribution in [1.29, 1.82) is 0 Å². The molecule has 0 spiro atoms. The molecule has 0 bridgehead atoms. The molecule has 0 unspecified atom stereocenters. The van der Waals surface area contributed by atoms with Gasteiger partial charge in [0, 0.05) is 12.1 Å². The number of rotatable bonds is 5. The number of carbonyl (C=O) groups is 1. The van der Waals surface area contributed by atoms with Crippen molar-refractivity contribution in [2.45, 2.75) is 20.4 Å². The van der Waals surface area contributed by atoms with Crippen molar-refractivity contribution < 1.29 is 14.3 Å². The fraction of sp³-hybridized carbons (Fsp3) is 0.500. The molecular formula is C10H15NO3. The summed E-state index contributed by atoms with van der Waals surface area (Å²) in [5.74, 6) is -0.950. The van der Waals surface area contributed by atoms with E-state index < -0.39 is 5.97 Å². The Kier molecular flexibility index (Phi) is 3.71. The first kappa shape index (κ1) is 10.8. The van der Waals surface area contributed by atoms with Gasteiger partial charge in [-0.05, 0) is 19.2 Å². The van der Waals surface area contributed by atoms with Gasteiger partial charge in [-0.2, -0.15) is 0 Å². The molecule has 1 aromatic heterocycles. The third-order valence-corrected chi connectivity index (χ3v) is 2.23. The zero-order chi connectivity index (χ0) is 10.6. The lowest BCUT2D eigenvalue weighted by Crippen LogP contribution is -2.22. The van der Waals surface area contributed by atoms with Crippen LogP contribution in [0.4, 0.5) is 0 Å². The van der Waals surface area contributed by atoms with Gasteiger partial charge in [-0.1, -0.05) is 13.8 Å². The molecule has 1 N–H and O–H groups in total. The lowest BCUT2D eigenvalue weighted by atomic mass is 10.2. The molecule has 0 amide bonds. The van der Waals surface area contributed by atoms with Gasteiger partial charge in [-0.25, -0.2) is 4.79 Å². The molecule has 0 atom stereocenters. The second kappa shape index (κ2) is 4.81. The van der Waals surface area contributed by atoms with Crippen LogP contribution in [-0.4, -0.2) is 29.1 Å². The van der Waals surface area contributed by atoms with Crippen molar-refractivity contribution in [1.82, 2.24) is 4.90 Å². The molecule has 1 aromatic rings. The van der Waals surface area contributed by atoms with Crippen molar-refractivity contribution in [2.75, 3.05) is 13.1 Å². The molecule has 0 aliphatic rings. The monoisotopic (exact) mass is 197 g/mol. The van der Waals surface area contributed by atoms with Gasteiger partial charge in [-0.3, -0.25) is 4.90 Å². The van der Waals surface area contributed by atoms with Crippen molar-refractivity contribution in [2.24, 2.45) is 0 Å². The Balaban J connectivity index is 2.75. The summed E-state index contributed by atoms with van der Waals surface area (Å²) in [5, 5.41) is 8.80. The predicted molar refractivity (Wildman–Crippen MR) is 52.3 cm³/mol. The Morgan fingerprint density at radius 2 is 2.14 bits per heavy atom. The second-order valence-electron chi connectivity index (χ2n) is 3.04. The summed E-state index contributed by atoms with van der Waals surface area (Å²) >= 11 is 0. The van der Waals surface area contributed by atoms with Crippen molar-refractivity contribution in [3.05, 3.63) is 23.7 Å². The first-order valence-electron chi connectivity index (χ1n) is 4.71. The number of nitrogens with zero attached hydrogens (tertiary/aromatic N) is 1. The molecule has 78 valence electrons. The SMILES string of the molecule is CCN(CC)Cc1ccoc1C(=O)O. The highest BCUT2D eigenvalue weighted by Crippen LogP contribution is 2.12. The van der Waals surface area contributed by atoms with Crippen LogP contribution in [0, 0.1) is 0 Å². The fourth-order valence-electron chi connectivity index (χ4n) is 1.34. The molecular weight excluding hydrogens is 182 g/mol. The molecule has 0 aliphatic heterocycles. The van der Waals surface area contributed by atoms with Gasteiger partial charge in [0.2, 0.25) is 5.76 Å². The first-order valence-corrected chi connectivity index (χ1v) is 4.71. The maximum absolute atomic E-state index is 10.7. The van der Waals surface area contributed by atoms with Gasteiger partial charge in [0.05, 0.1) is 6.26 Å². The predicted octanol–water partition coefficient (Wildman–Crippen LogP) is 1.82. The van der Waals surface area contributed by atoms with E-state index in [-0.39, 0.29) is 5.76 Å². The normalized spacial score (nSPS) is 10.8. The first-order chi connectivity index (χ1) is 6.69. The second-order valence-corrected chi connectivity index (χ2v) is 3.04. The van der Waals surface area contributed by atoms with E-state index in [1.807, 2.05) is 13.8 Å². The standard InChI is InChI=1S/C10H15NO3/c1-3-11(4-2)7-8-5-6-14-9(8)10(12)13/h5-6H,3-4,7H2,1-2H3,(H,12,13). The van der Waals surface area contributed by atoms with Crippen LogP contribution in [0.3, 0.4) is 0 Å². The summed E-state index contributed by atoms with van der Waals surface area (Å²) in [5.41, 5.74) is 0.737. The van der Waals surface area contributed by atoms with Crippen LogP contribution in [-0.2, 0) is 6.54 Å². The van der Waals surface area contributed by atoms with Gasteiger partial charge < -0.3 is 9.52 Å². The van der Waals surface area contributed by atoms with Crippen molar-refractivity contribution in [3.63, 3.8) is 0 Å². The molecule has 0 fully saturated rings. The molecule has 0 radical (unpaired) electrons. The number of furan rings is 1. The summed E-state index contributed by atoms with van der Waals surface area (Å²) in [4.78, 5) is 12.9. The van der Waals surface area contributed by atoms with E-state index in [0.717, 1.165) is 18.7 Å². The average Bonchev–Trinajstić information content (AvgIpc) is 2.62. The summed E-state index contributed by atoms with van der Waals surface area (Å²) < 4.78 is 4.89.